The largest absolute Gasteiger partial charge is 0.480 e. The molecule has 0 saturated carbocycles. The topological polar surface area (TPSA) is 122 Å². The number of hydrogen-bond acceptors (Lipinski definition) is 4. The van der Waals surface area contributed by atoms with Gasteiger partial charge >= 0.3 is 5.97 Å². The Kier molecular flexibility index (Phi) is 12.0. The van der Waals surface area contributed by atoms with E-state index in [9.17, 15) is 14.4 Å². The van der Waals surface area contributed by atoms with Gasteiger partial charge in [0.2, 0.25) is 11.8 Å². The predicted octanol–water partition coefficient (Wildman–Crippen LogP) is 1.16. The average Bonchev–Trinajstić information content (AvgIpc) is 2.48. The molecule has 0 aromatic rings. The Balaban J connectivity index is 3.92. The minimum Gasteiger partial charge on any atom is -0.480 e. The zero-order chi connectivity index (χ0) is 17.7. The molecule has 0 heterocycles. The predicted molar refractivity (Wildman–Crippen MR) is 88.8 cm³/mol. The minimum absolute atomic E-state index is 0.0642. The summed E-state index contributed by atoms with van der Waals surface area (Å²) in [6.45, 7) is 4.25. The molecule has 0 spiro atoms. The van der Waals surface area contributed by atoms with Gasteiger partial charge < -0.3 is 21.5 Å². The normalized spacial score (nSPS) is 13.3. The van der Waals surface area contributed by atoms with Crippen LogP contribution in [0.3, 0.4) is 0 Å². The second kappa shape index (κ2) is 12.9. The van der Waals surface area contributed by atoms with Gasteiger partial charge in [0.15, 0.2) is 0 Å². The summed E-state index contributed by atoms with van der Waals surface area (Å²) in [6.07, 6.45) is 7.29. The highest BCUT2D eigenvalue weighted by molar-refractivity contribution is 5.84. The molecule has 0 aliphatic heterocycles. The van der Waals surface area contributed by atoms with Crippen molar-refractivity contribution in [1.29, 1.82) is 0 Å². The van der Waals surface area contributed by atoms with Gasteiger partial charge in [-0.2, -0.15) is 0 Å². The Hall–Kier alpha value is -1.63. The first-order chi connectivity index (χ1) is 10.9. The Morgan fingerprint density at radius 1 is 1.09 bits per heavy atom. The maximum Gasteiger partial charge on any atom is 0.325 e. The second-order valence-corrected chi connectivity index (χ2v) is 5.84. The number of primary amides is 1. The summed E-state index contributed by atoms with van der Waals surface area (Å²) in [7, 11) is 0. The number of carbonyl (C=O) groups excluding carboxylic acids is 2. The van der Waals surface area contributed by atoms with Gasteiger partial charge in [0, 0.05) is 6.42 Å². The molecule has 7 heteroatoms. The van der Waals surface area contributed by atoms with Crippen LogP contribution < -0.4 is 16.4 Å². The molecule has 0 saturated heterocycles. The number of carboxylic acids is 1. The molecule has 134 valence electrons. The molecule has 0 aliphatic carbocycles. The number of aliphatic carboxylic acids is 1. The van der Waals surface area contributed by atoms with Crippen molar-refractivity contribution in [3.05, 3.63) is 0 Å². The molecule has 23 heavy (non-hydrogen) atoms. The first-order valence-corrected chi connectivity index (χ1v) is 8.43. The Labute approximate surface area is 138 Å². The minimum atomic E-state index is -1.09. The van der Waals surface area contributed by atoms with Crippen LogP contribution in [0.15, 0.2) is 0 Å². The van der Waals surface area contributed by atoms with Gasteiger partial charge in [-0.3, -0.25) is 14.4 Å². The van der Waals surface area contributed by atoms with Crippen LogP contribution >= 0.6 is 0 Å². The lowest BCUT2D eigenvalue weighted by molar-refractivity contribution is -0.141. The van der Waals surface area contributed by atoms with Crippen LogP contribution in [0, 0.1) is 0 Å². The fourth-order valence-electron chi connectivity index (χ4n) is 2.18. The third-order valence-electron chi connectivity index (χ3n) is 3.67. The fourth-order valence-corrected chi connectivity index (χ4v) is 2.18. The summed E-state index contributed by atoms with van der Waals surface area (Å²) in [6, 6.07) is -1.50. The molecule has 0 aliphatic rings. The summed E-state index contributed by atoms with van der Waals surface area (Å²) >= 11 is 0. The summed E-state index contributed by atoms with van der Waals surface area (Å²) < 4.78 is 0. The number of unbranched alkanes of at least 4 members (excludes halogenated alkanes) is 5. The van der Waals surface area contributed by atoms with Crippen molar-refractivity contribution < 1.29 is 19.5 Å². The number of carboxylic acid groups (broad SMARTS) is 1. The van der Waals surface area contributed by atoms with Crippen LogP contribution in [0.5, 0.6) is 0 Å². The highest BCUT2D eigenvalue weighted by atomic mass is 16.4. The third kappa shape index (κ3) is 11.6. The highest BCUT2D eigenvalue weighted by Gasteiger charge is 2.18. The van der Waals surface area contributed by atoms with Crippen LogP contribution in [-0.4, -0.2) is 41.5 Å². The number of amides is 2. The lowest BCUT2D eigenvalue weighted by Gasteiger charge is -2.16. The lowest BCUT2D eigenvalue weighted by Crippen LogP contribution is -2.43. The van der Waals surface area contributed by atoms with Gasteiger partial charge in [-0.15, -0.1) is 0 Å². The van der Waals surface area contributed by atoms with E-state index in [0.717, 1.165) is 12.8 Å². The summed E-state index contributed by atoms with van der Waals surface area (Å²) in [5.41, 5.74) is 5.33. The number of rotatable bonds is 14. The zero-order valence-electron chi connectivity index (χ0n) is 14.3. The summed E-state index contributed by atoms with van der Waals surface area (Å²) in [5.74, 6) is -1.98. The summed E-state index contributed by atoms with van der Waals surface area (Å²) in [5, 5.41) is 14.1. The number of hydrogen-bond donors (Lipinski definition) is 4. The van der Waals surface area contributed by atoms with Crippen molar-refractivity contribution in [3.63, 3.8) is 0 Å². The van der Waals surface area contributed by atoms with Gasteiger partial charge in [-0.1, -0.05) is 39.0 Å². The smallest absolute Gasteiger partial charge is 0.325 e. The number of carbonyl (C=O) groups is 3. The van der Waals surface area contributed by atoms with E-state index in [0.29, 0.717) is 6.54 Å². The van der Waals surface area contributed by atoms with E-state index in [1.807, 2.05) is 0 Å². The van der Waals surface area contributed by atoms with Gasteiger partial charge in [-0.05, 0) is 26.3 Å². The Bertz CT molecular complexity index is 374. The van der Waals surface area contributed by atoms with Crippen LogP contribution in [0.1, 0.15) is 65.2 Å². The monoisotopic (exact) mass is 329 g/mol. The first-order valence-electron chi connectivity index (χ1n) is 8.43. The Morgan fingerprint density at radius 3 is 2.26 bits per heavy atom. The molecule has 7 nitrogen and oxygen atoms in total. The highest BCUT2D eigenvalue weighted by Crippen LogP contribution is 2.05. The molecular weight excluding hydrogens is 298 g/mol. The average molecular weight is 329 g/mol. The third-order valence-corrected chi connectivity index (χ3v) is 3.67. The van der Waals surface area contributed by atoms with Crippen LogP contribution in [0.25, 0.3) is 0 Å². The number of nitrogens with two attached hydrogens (primary N) is 1. The van der Waals surface area contributed by atoms with Crippen molar-refractivity contribution in [2.45, 2.75) is 77.3 Å². The standard InChI is InChI=1S/C16H31N3O4/c1-3-4-5-6-7-8-11-18-13(15(17)21)9-10-14(20)19-12(2)16(22)23/h12-13,18H,3-11H2,1-2H3,(H2,17,21)(H,19,20)(H,22,23)/t12-,13+/m0/s1. The van der Waals surface area contributed by atoms with E-state index >= 15 is 0 Å². The van der Waals surface area contributed by atoms with E-state index in [-0.39, 0.29) is 12.8 Å². The van der Waals surface area contributed by atoms with Crippen molar-refractivity contribution in [3.8, 4) is 0 Å². The number of nitrogens with one attached hydrogen (secondary N) is 2. The van der Waals surface area contributed by atoms with Gasteiger partial charge in [0.25, 0.3) is 0 Å². The Morgan fingerprint density at radius 2 is 1.70 bits per heavy atom. The van der Waals surface area contributed by atoms with Crippen LogP contribution in [-0.2, 0) is 14.4 Å². The van der Waals surface area contributed by atoms with E-state index in [1.54, 1.807) is 0 Å². The molecular formula is C16H31N3O4. The van der Waals surface area contributed by atoms with Gasteiger partial charge in [-0.25, -0.2) is 0 Å². The molecule has 0 aromatic heterocycles. The molecule has 0 aromatic carbocycles. The van der Waals surface area contributed by atoms with Gasteiger partial charge in [0.05, 0.1) is 6.04 Å². The molecule has 5 N–H and O–H groups in total. The quantitative estimate of drug-likeness (QED) is 0.356. The zero-order valence-corrected chi connectivity index (χ0v) is 14.3. The molecule has 0 radical (unpaired) electrons. The second-order valence-electron chi connectivity index (χ2n) is 5.84. The van der Waals surface area contributed by atoms with E-state index in [4.69, 9.17) is 10.8 Å². The van der Waals surface area contributed by atoms with Crippen LogP contribution in [0.2, 0.25) is 0 Å². The lowest BCUT2D eigenvalue weighted by atomic mass is 10.1. The van der Waals surface area contributed by atoms with Gasteiger partial charge in [0.1, 0.15) is 6.04 Å². The van der Waals surface area contributed by atoms with Crippen molar-refractivity contribution in [2.75, 3.05) is 6.54 Å². The molecule has 0 bridgehead atoms. The van der Waals surface area contributed by atoms with Crippen molar-refractivity contribution in [2.24, 2.45) is 5.73 Å². The SMILES string of the molecule is CCCCCCCCN[C@H](CCC(=O)N[C@@H](C)C(=O)O)C(N)=O. The van der Waals surface area contributed by atoms with Crippen LogP contribution in [0.4, 0.5) is 0 Å². The first kappa shape index (κ1) is 21.4. The summed E-state index contributed by atoms with van der Waals surface area (Å²) in [4.78, 5) is 33.6. The molecule has 0 rings (SSSR count). The van der Waals surface area contributed by atoms with E-state index in [2.05, 4.69) is 17.6 Å². The van der Waals surface area contributed by atoms with Crippen molar-refractivity contribution in [1.82, 2.24) is 10.6 Å². The van der Waals surface area contributed by atoms with Crippen molar-refractivity contribution >= 4 is 17.8 Å². The van der Waals surface area contributed by atoms with E-state index in [1.165, 1.54) is 32.6 Å². The maximum absolute atomic E-state index is 11.6. The molecule has 2 amide bonds. The fraction of sp³-hybridized carbons (Fsp3) is 0.812. The molecule has 2 atom stereocenters. The molecule has 0 unspecified atom stereocenters. The molecule has 0 fully saturated rings. The van der Waals surface area contributed by atoms with E-state index < -0.39 is 29.9 Å². The maximum atomic E-state index is 11.6.